The van der Waals surface area contributed by atoms with Gasteiger partial charge in [0.25, 0.3) is 0 Å². The van der Waals surface area contributed by atoms with Crippen LogP contribution in [0.2, 0.25) is 0 Å². The van der Waals surface area contributed by atoms with Crippen molar-refractivity contribution >= 4 is 5.91 Å². The summed E-state index contributed by atoms with van der Waals surface area (Å²) >= 11 is 0. The van der Waals surface area contributed by atoms with E-state index in [0.29, 0.717) is 29.5 Å². The predicted molar refractivity (Wildman–Crippen MR) is 120 cm³/mol. The molecule has 3 aromatic rings. The number of carbonyl (C=O) groups is 1. The minimum atomic E-state index is -4.54. The molecule has 0 aliphatic rings. The third-order valence-electron chi connectivity index (χ3n) is 5.49. The fourth-order valence-electron chi connectivity index (χ4n) is 3.68. The van der Waals surface area contributed by atoms with Gasteiger partial charge in [0, 0.05) is 30.9 Å². The van der Waals surface area contributed by atoms with Crippen molar-refractivity contribution in [3.05, 3.63) is 94.8 Å². The first-order chi connectivity index (χ1) is 16.6. The molecule has 0 aliphatic carbocycles. The standard InChI is InChI=1S/C25H24F5N3O2/c1-31-24(34)23(16-5-7-17(26)8-6-16)33-20(19-10-9-18(27)13-21(19)35-2)11-3-15-4-12-22(32-14-15)25(28,29)30/h4-10,12-14,20,23,33H,3,11H2,1-2H3,(H,31,34)/t20-,23?/m0/s1. The van der Waals surface area contributed by atoms with Crippen LogP contribution in [0.1, 0.15) is 40.9 Å². The molecule has 1 heterocycles. The van der Waals surface area contributed by atoms with Gasteiger partial charge in [0.1, 0.15) is 29.1 Å². The second-order valence-corrected chi connectivity index (χ2v) is 7.79. The molecule has 0 radical (unpaired) electrons. The monoisotopic (exact) mass is 493 g/mol. The number of benzene rings is 2. The van der Waals surface area contributed by atoms with Crippen LogP contribution in [-0.4, -0.2) is 25.0 Å². The zero-order chi connectivity index (χ0) is 25.6. The summed E-state index contributed by atoms with van der Waals surface area (Å²) in [5.41, 5.74) is 0.592. The smallest absolute Gasteiger partial charge is 0.433 e. The van der Waals surface area contributed by atoms with Gasteiger partial charge >= 0.3 is 6.18 Å². The van der Waals surface area contributed by atoms with Crippen molar-refractivity contribution in [2.75, 3.05) is 14.2 Å². The van der Waals surface area contributed by atoms with E-state index >= 15 is 0 Å². The number of rotatable bonds is 9. The van der Waals surface area contributed by atoms with Crippen molar-refractivity contribution in [2.45, 2.75) is 31.1 Å². The van der Waals surface area contributed by atoms with Crippen LogP contribution in [0.15, 0.2) is 60.8 Å². The van der Waals surface area contributed by atoms with Gasteiger partial charge in [-0.3, -0.25) is 15.1 Å². The van der Waals surface area contributed by atoms with Crippen LogP contribution in [0.3, 0.4) is 0 Å². The number of hydrogen-bond donors (Lipinski definition) is 2. The molecule has 2 aromatic carbocycles. The van der Waals surface area contributed by atoms with Crippen molar-refractivity contribution in [2.24, 2.45) is 0 Å². The number of carbonyl (C=O) groups excluding carboxylic acids is 1. The number of ether oxygens (including phenoxy) is 1. The predicted octanol–water partition coefficient (Wildman–Crippen LogP) is 5.14. The number of methoxy groups -OCH3 is 1. The molecule has 186 valence electrons. The van der Waals surface area contributed by atoms with E-state index in [-0.39, 0.29) is 11.7 Å². The third kappa shape index (κ3) is 6.75. The van der Waals surface area contributed by atoms with Gasteiger partial charge in [-0.2, -0.15) is 13.2 Å². The molecule has 1 aromatic heterocycles. The Morgan fingerprint density at radius 1 is 1.03 bits per heavy atom. The lowest BCUT2D eigenvalue weighted by Gasteiger charge is -2.27. The van der Waals surface area contributed by atoms with Gasteiger partial charge in [-0.15, -0.1) is 0 Å². The van der Waals surface area contributed by atoms with E-state index in [1.54, 1.807) is 0 Å². The average molecular weight is 493 g/mol. The summed E-state index contributed by atoms with van der Waals surface area (Å²) in [6, 6.07) is 10.1. The van der Waals surface area contributed by atoms with Gasteiger partial charge in [-0.05, 0) is 48.2 Å². The van der Waals surface area contributed by atoms with Gasteiger partial charge in [-0.25, -0.2) is 8.78 Å². The van der Waals surface area contributed by atoms with Gasteiger partial charge in [0.2, 0.25) is 5.91 Å². The molecule has 2 N–H and O–H groups in total. The van der Waals surface area contributed by atoms with E-state index in [2.05, 4.69) is 15.6 Å². The molecule has 0 fully saturated rings. The highest BCUT2D eigenvalue weighted by Crippen LogP contribution is 2.32. The number of nitrogens with zero attached hydrogens (tertiary/aromatic N) is 1. The van der Waals surface area contributed by atoms with Crippen LogP contribution in [0.4, 0.5) is 22.0 Å². The molecule has 0 aliphatic heterocycles. The zero-order valence-corrected chi connectivity index (χ0v) is 19.0. The summed E-state index contributed by atoms with van der Waals surface area (Å²) < 4.78 is 71.1. The van der Waals surface area contributed by atoms with E-state index in [4.69, 9.17) is 4.74 Å². The van der Waals surface area contributed by atoms with E-state index in [0.717, 1.165) is 12.3 Å². The molecule has 0 bridgehead atoms. The average Bonchev–Trinajstić information content (AvgIpc) is 2.84. The molecule has 0 spiro atoms. The number of aromatic nitrogens is 1. The second kappa shape index (κ2) is 11.3. The maximum atomic E-state index is 13.8. The lowest BCUT2D eigenvalue weighted by atomic mass is 9.96. The minimum Gasteiger partial charge on any atom is -0.496 e. The molecular formula is C25H24F5N3O2. The first-order valence-corrected chi connectivity index (χ1v) is 10.7. The van der Waals surface area contributed by atoms with Crippen molar-refractivity contribution in [1.82, 2.24) is 15.6 Å². The first kappa shape index (κ1) is 26.1. The highest BCUT2D eigenvalue weighted by atomic mass is 19.4. The van der Waals surface area contributed by atoms with Crippen molar-refractivity contribution in [3.8, 4) is 5.75 Å². The Balaban J connectivity index is 1.93. The topological polar surface area (TPSA) is 63.2 Å². The molecular weight excluding hydrogens is 469 g/mol. The number of amides is 1. The molecule has 3 rings (SSSR count). The normalized spacial score (nSPS) is 13.2. The molecule has 5 nitrogen and oxygen atoms in total. The molecule has 1 amide bonds. The van der Waals surface area contributed by atoms with Crippen LogP contribution in [0, 0.1) is 11.6 Å². The summed E-state index contributed by atoms with van der Waals surface area (Å²) in [7, 11) is 2.84. The number of pyridine rings is 1. The van der Waals surface area contributed by atoms with Crippen molar-refractivity contribution in [3.63, 3.8) is 0 Å². The maximum Gasteiger partial charge on any atom is 0.433 e. The number of aryl methyl sites for hydroxylation is 1. The van der Waals surface area contributed by atoms with Gasteiger partial charge < -0.3 is 10.1 Å². The first-order valence-electron chi connectivity index (χ1n) is 10.7. The van der Waals surface area contributed by atoms with E-state index in [1.165, 1.54) is 62.7 Å². The maximum absolute atomic E-state index is 13.8. The largest absolute Gasteiger partial charge is 0.496 e. The highest BCUT2D eigenvalue weighted by Gasteiger charge is 2.32. The molecule has 35 heavy (non-hydrogen) atoms. The number of hydrogen-bond acceptors (Lipinski definition) is 4. The van der Waals surface area contributed by atoms with Gasteiger partial charge in [0.15, 0.2) is 0 Å². The summed E-state index contributed by atoms with van der Waals surface area (Å²) in [5.74, 6) is -1.13. The van der Waals surface area contributed by atoms with Gasteiger partial charge in [0.05, 0.1) is 7.11 Å². The number of nitrogens with one attached hydrogen (secondary N) is 2. The Labute approximate surface area is 199 Å². The Bertz CT molecular complexity index is 1140. The van der Waals surface area contributed by atoms with Crippen LogP contribution in [-0.2, 0) is 17.4 Å². The lowest BCUT2D eigenvalue weighted by molar-refractivity contribution is -0.141. The SMILES string of the molecule is CNC(=O)C(N[C@@H](CCc1ccc(C(F)(F)F)nc1)c1ccc(F)cc1OC)c1ccc(F)cc1. The molecule has 10 heteroatoms. The van der Waals surface area contributed by atoms with E-state index in [1.807, 2.05) is 0 Å². The number of halogens is 5. The molecule has 1 unspecified atom stereocenters. The lowest BCUT2D eigenvalue weighted by Crippen LogP contribution is -2.38. The fraction of sp³-hybridized carbons (Fsp3) is 0.280. The minimum absolute atomic E-state index is 0.239. The van der Waals surface area contributed by atoms with E-state index in [9.17, 15) is 26.7 Å². The Morgan fingerprint density at radius 3 is 2.29 bits per heavy atom. The number of alkyl halides is 3. The summed E-state index contributed by atoms with van der Waals surface area (Å²) in [4.78, 5) is 16.2. The van der Waals surface area contributed by atoms with E-state index < -0.39 is 35.6 Å². The molecule has 2 atom stereocenters. The Morgan fingerprint density at radius 2 is 1.71 bits per heavy atom. The van der Waals surface area contributed by atoms with Crippen LogP contribution < -0.4 is 15.4 Å². The highest BCUT2D eigenvalue weighted by molar-refractivity contribution is 5.83. The zero-order valence-electron chi connectivity index (χ0n) is 19.0. The van der Waals surface area contributed by atoms with Crippen LogP contribution in [0.25, 0.3) is 0 Å². The van der Waals surface area contributed by atoms with Gasteiger partial charge in [-0.1, -0.05) is 24.3 Å². The van der Waals surface area contributed by atoms with Crippen molar-refractivity contribution < 1.29 is 31.5 Å². The summed E-state index contributed by atoms with van der Waals surface area (Å²) in [6.07, 6.45) is -2.78. The summed E-state index contributed by atoms with van der Waals surface area (Å²) in [6.45, 7) is 0. The van der Waals surface area contributed by atoms with Crippen LogP contribution in [0.5, 0.6) is 5.75 Å². The number of likely N-dealkylation sites (N-methyl/N-ethyl adjacent to an activating group) is 1. The Hall–Kier alpha value is -3.53. The third-order valence-corrected chi connectivity index (χ3v) is 5.49. The molecule has 0 saturated heterocycles. The second-order valence-electron chi connectivity index (χ2n) is 7.79. The van der Waals surface area contributed by atoms with Crippen molar-refractivity contribution in [1.29, 1.82) is 0 Å². The quantitative estimate of drug-likeness (QED) is 0.406. The van der Waals surface area contributed by atoms with Crippen LogP contribution >= 0.6 is 0 Å². The summed E-state index contributed by atoms with van der Waals surface area (Å²) in [5, 5.41) is 5.78. The molecule has 0 saturated carbocycles. The fourth-order valence-corrected chi connectivity index (χ4v) is 3.68. The Kier molecular flexibility index (Phi) is 8.39.